The van der Waals surface area contributed by atoms with Crippen molar-refractivity contribution < 1.29 is 0 Å². The lowest BCUT2D eigenvalue weighted by molar-refractivity contribution is 0.704. The van der Waals surface area contributed by atoms with Crippen molar-refractivity contribution in [2.75, 3.05) is 17.3 Å². The Bertz CT molecular complexity index is 500. The Morgan fingerprint density at radius 1 is 1.16 bits per heavy atom. The molecular formula is C14H19N5. The Balaban J connectivity index is 1.83. The van der Waals surface area contributed by atoms with E-state index >= 15 is 0 Å². The molecule has 0 aliphatic rings. The number of nitrogens with zero attached hydrogens (tertiary/aromatic N) is 2. The van der Waals surface area contributed by atoms with E-state index in [0.717, 1.165) is 18.8 Å². The summed E-state index contributed by atoms with van der Waals surface area (Å²) in [5.74, 6) is 7.09. The molecule has 0 saturated carbocycles. The third kappa shape index (κ3) is 3.93. The minimum atomic E-state index is 0.512. The standard InChI is InChI=1S/C14H19N5/c1-11(12-5-3-2-4-6-12)7-8-17-13-9-16-10-14(18-13)19-15/h2-6,9-11H,7-8,15H2,1H3,(H2,17,18,19). The van der Waals surface area contributed by atoms with Gasteiger partial charge in [0.15, 0.2) is 5.82 Å². The van der Waals surface area contributed by atoms with Gasteiger partial charge in [-0.1, -0.05) is 37.3 Å². The van der Waals surface area contributed by atoms with Crippen LogP contribution in [0.25, 0.3) is 0 Å². The van der Waals surface area contributed by atoms with Crippen molar-refractivity contribution in [1.82, 2.24) is 9.97 Å². The van der Waals surface area contributed by atoms with E-state index in [9.17, 15) is 0 Å². The van der Waals surface area contributed by atoms with Crippen molar-refractivity contribution in [3.8, 4) is 0 Å². The molecule has 19 heavy (non-hydrogen) atoms. The average Bonchev–Trinajstić information content (AvgIpc) is 2.48. The normalized spacial score (nSPS) is 11.9. The molecule has 4 N–H and O–H groups in total. The number of benzene rings is 1. The smallest absolute Gasteiger partial charge is 0.160 e. The lowest BCUT2D eigenvalue weighted by Gasteiger charge is -2.12. The molecule has 100 valence electrons. The van der Waals surface area contributed by atoms with Crippen LogP contribution in [-0.4, -0.2) is 16.5 Å². The van der Waals surface area contributed by atoms with Crippen molar-refractivity contribution in [3.63, 3.8) is 0 Å². The summed E-state index contributed by atoms with van der Waals surface area (Å²) < 4.78 is 0. The lowest BCUT2D eigenvalue weighted by Crippen LogP contribution is -2.11. The van der Waals surface area contributed by atoms with Gasteiger partial charge < -0.3 is 10.7 Å². The van der Waals surface area contributed by atoms with Gasteiger partial charge in [-0.3, -0.25) is 4.98 Å². The van der Waals surface area contributed by atoms with E-state index in [1.54, 1.807) is 12.4 Å². The van der Waals surface area contributed by atoms with Gasteiger partial charge in [0.25, 0.3) is 0 Å². The second-order valence-electron chi connectivity index (χ2n) is 4.46. The molecule has 2 aromatic rings. The van der Waals surface area contributed by atoms with Gasteiger partial charge in [0, 0.05) is 6.54 Å². The molecule has 1 heterocycles. The number of nitrogens with two attached hydrogens (primary N) is 1. The lowest BCUT2D eigenvalue weighted by atomic mass is 9.98. The summed E-state index contributed by atoms with van der Waals surface area (Å²) >= 11 is 0. The van der Waals surface area contributed by atoms with Crippen LogP contribution in [0.5, 0.6) is 0 Å². The molecule has 1 atom stereocenters. The van der Waals surface area contributed by atoms with Crippen molar-refractivity contribution in [2.24, 2.45) is 5.84 Å². The maximum atomic E-state index is 5.29. The molecule has 0 spiro atoms. The first-order valence-corrected chi connectivity index (χ1v) is 6.37. The van der Waals surface area contributed by atoms with Gasteiger partial charge in [-0.15, -0.1) is 0 Å². The number of aromatic nitrogens is 2. The van der Waals surface area contributed by atoms with Gasteiger partial charge in [0.05, 0.1) is 12.4 Å². The highest BCUT2D eigenvalue weighted by molar-refractivity contribution is 5.40. The van der Waals surface area contributed by atoms with Crippen molar-refractivity contribution >= 4 is 11.6 Å². The second kappa shape index (κ2) is 6.70. The minimum Gasteiger partial charge on any atom is -0.369 e. The van der Waals surface area contributed by atoms with Crippen molar-refractivity contribution in [1.29, 1.82) is 0 Å². The maximum Gasteiger partial charge on any atom is 0.160 e. The van der Waals surface area contributed by atoms with E-state index < -0.39 is 0 Å². The number of hydrogen-bond acceptors (Lipinski definition) is 5. The number of nitrogen functional groups attached to an aromatic ring is 1. The Morgan fingerprint density at radius 3 is 2.63 bits per heavy atom. The van der Waals surface area contributed by atoms with E-state index in [1.807, 2.05) is 6.07 Å². The van der Waals surface area contributed by atoms with Gasteiger partial charge in [-0.25, -0.2) is 10.8 Å². The fraction of sp³-hybridized carbons (Fsp3) is 0.286. The zero-order valence-corrected chi connectivity index (χ0v) is 11.0. The molecule has 0 radical (unpaired) electrons. The second-order valence-corrected chi connectivity index (χ2v) is 4.46. The largest absolute Gasteiger partial charge is 0.369 e. The monoisotopic (exact) mass is 257 g/mol. The zero-order valence-electron chi connectivity index (χ0n) is 11.0. The predicted octanol–water partition coefficient (Wildman–Crippen LogP) is 2.37. The van der Waals surface area contributed by atoms with Crippen LogP contribution in [0.3, 0.4) is 0 Å². The Hall–Kier alpha value is -2.14. The topological polar surface area (TPSA) is 75.9 Å². The Kier molecular flexibility index (Phi) is 4.69. The van der Waals surface area contributed by atoms with E-state index in [2.05, 4.69) is 51.9 Å². The molecule has 1 aromatic heterocycles. The molecule has 1 aromatic carbocycles. The molecule has 0 fully saturated rings. The number of rotatable bonds is 6. The average molecular weight is 257 g/mol. The quantitative estimate of drug-likeness (QED) is 0.547. The van der Waals surface area contributed by atoms with E-state index in [4.69, 9.17) is 5.84 Å². The van der Waals surface area contributed by atoms with E-state index in [0.29, 0.717) is 11.7 Å². The van der Waals surface area contributed by atoms with Crippen molar-refractivity contribution in [2.45, 2.75) is 19.3 Å². The zero-order chi connectivity index (χ0) is 13.5. The molecule has 0 bridgehead atoms. The highest BCUT2D eigenvalue weighted by atomic mass is 15.3. The molecule has 0 aliphatic carbocycles. The molecule has 5 heteroatoms. The highest BCUT2D eigenvalue weighted by Gasteiger charge is 2.04. The van der Waals surface area contributed by atoms with Crippen LogP contribution in [0.4, 0.5) is 11.6 Å². The number of nitrogens with one attached hydrogen (secondary N) is 2. The maximum absolute atomic E-state index is 5.29. The van der Waals surface area contributed by atoms with Crippen LogP contribution < -0.4 is 16.6 Å². The molecule has 1 unspecified atom stereocenters. The van der Waals surface area contributed by atoms with Gasteiger partial charge in [0.1, 0.15) is 5.82 Å². The van der Waals surface area contributed by atoms with Crippen LogP contribution in [0.15, 0.2) is 42.7 Å². The van der Waals surface area contributed by atoms with Crippen LogP contribution in [0, 0.1) is 0 Å². The molecule has 0 aliphatic heterocycles. The Morgan fingerprint density at radius 2 is 1.89 bits per heavy atom. The van der Waals surface area contributed by atoms with Crippen molar-refractivity contribution in [3.05, 3.63) is 48.3 Å². The van der Waals surface area contributed by atoms with Gasteiger partial charge in [0.2, 0.25) is 0 Å². The van der Waals surface area contributed by atoms with Gasteiger partial charge in [-0.05, 0) is 17.9 Å². The van der Waals surface area contributed by atoms with Gasteiger partial charge >= 0.3 is 0 Å². The minimum absolute atomic E-state index is 0.512. The number of anilines is 2. The van der Waals surface area contributed by atoms with Crippen LogP contribution in [0.2, 0.25) is 0 Å². The van der Waals surface area contributed by atoms with Crippen LogP contribution in [-0.2, 0) is 0 Å². The van der Waals surface area contributed by atoms with Crippen LogP contribution in [0.1, 0.15) is 24.8 Å². The van der Waals surface area contributed by atoms with Crippen LogP contribution >= 0.6 is 0 Å². The van der Waals surface area contributed by atoms with Gasteiger partial charge in [-0.2, -0.15) is 0 Å². The molecule has 0 saturated heterocycles. The number of hydrazine groups is 1. The summed E-state index contributed by atoms with van der Waals surface area (Å²) in [7, 11) is 0. The summed E-state index contributed by atoms with van der Waals surface area (Å²) in [6.07, 6.45) is 4.30. The summed E-state index contributed by atoms with van der Waals surface area (Å²) in [5, 5.41) is 3.25. The molecule has 5 nitrogen and oxygen atoms in total. The predicted molar refractivity (Wildman–Crippen MR) is 77.8 cm³/mol. The third-order valence-corrected chi connectivity index (χ3v) is 3.03. The summed E-state index contributed by atoms with van der Waals surface area (Å²) in [4.78, 5) is 8.29. The van der Waals surface area contributed by atoms with E-state index in [1.165, 1.54) is 5.56 Å². The summed E-state index contributed by atoms with van der Waals surface area (Å²) in [6, 6.07) is 10.5. The summed E-state index contributed by atoms with van der Waals surface area (Å²) in [5.41, 5.74) is 3.83. The Labute approximate surface area is 113 Å². The summed E-state index contributed by atoms with van der Waals surface area (Å²) in [6.45, 7) is 3.07. The van der Waals surface area contributed by atoms with E-state index in [-0.39, 0.29) is 0 Å². The molecule has 0 amide bonds. The first-order chi connectivity index (χ1) is 9.29. The molecular weight excluding hydrogens is 238 g/mol. The third-order valence-electron chi connectivity index (χ3n) is 3.03. The number of hydrogen-bond donors (Lipinski definition) is 3. The first-order valence-electron chi connectivity index (χ1n) is 6.37. The highest BCUT2D eigenvalue weighted by Crippen LogP contribution is 2.18. The first kappa shape index (κ1) is 13.3. The fourth-order valence-electron chi connectivity index (χ4n) is 1.89. The molecule has 2 rings (SSSR count). The fourth-order valence-corrected chi connectivity index (χ4v) is 1.89. The SMILES string of the molecule is CC(CCNc1cncc(NN)n1)c1ccccc1.